The highest BCUT2D eigenvalue weighted by Crippen LogP contribution is 2.62. The maximum atomic E-state index is 6.59. The molecule has 1 fully saturated rings. The zero-order valence-electron chi connectivity index (χ0n) is 42.2. The molecular weight excluding hydrogens is 850 g/mol. The van der Waals surface area contributed by atoms with Crippen molar-refractivity contribution in [2.24, 2.45) is 0 Å². The third-order valence-electron chi connectivity index (χ3n) is 17.1. The molecule has 9 aromatic rings. The van der Waals surface area contributed by atoms with Crippen molar-refractivity contribution in [3.05, 3.63) is 186 Å². The van der Waals surface area contributed by atoms with Crippen molar-refractivity contribution < 1.29 is 4.42 Å². The van der Waals surface area contributed by atoms with Crippen LogP contribution in [0.1, 0.15) is 103 Å². The average Bonchev–Trinajstić information content (AvgIpc) is 3.82. The van der Waals surface area contributed by atoms with Crippen molar-refractivity contribution in [3.8, 4) is 11.1 Å². The summed E-state index contributed by atoms with van der Waals surface area (Å²) < 4.78 is 6.59. The SMILES string of the molecule is Cc1cc2c3c(c1)N(c1ccc(C(C)(C)C)cc1)c1cc(N4c5ccc(-c6ccccc6)cc5C5(C)CCCCC45C)ccc1B3c1cc(C(C)(C)C)ccc1N2c1ccc2c(c1)oc1ccccc12. The van der Waals surface area contributed by atoms with Crippen LogP contribution in [0.25, 0.3) is 33.1 Å². The van der Waals surface area contributed by atoms with Gasteiger partial charge < -0.3 is 19.1 Å². The standard InChI is InChI=1S/C65H62BN3O/c1-41-35-57-61-58(36-41)68(47-27-29-50-49-19-13-14-20-59(49)70-60(50)40-47)55-32-24-45(63(5,6)7)38-53(55)66(61)52-30-28-48(39-56(52)67(57)46-25-22-44(23-26-46)62(2,3)4)69-54-31-21-43(42-17-11-10-12-18-42)37-51(54)64(8)33-15-16-34-65(64,69)9/h10-14,17-32,35-40H,15-16,33-34H2,1-9H3. The molecule has 0 saturated heterocycles. The lowest BCUT2D eigenvalue weighted by Gasteiger charge is -2.50. The minimum atomic E-state index is -0.104. The molecule has 2 atom stereocenters. The molecule has 13 rings (SSSR count). The summed E-state index contributed by atoms with van der Waals surface area (Å²) in [6.07, 6.45) is 4.79. The second-order valence-electron chi connectivity index (χ2n) is 23.4. The monoisotopic (exact) mass is 911 g/mol. The Kier molecular flexibility index (Phi) is 9.24. The van der Waals surface area contributed by atoms with Crippen molar-refractivity contribution in [1.29, 1.82) is 0 Å². The summed E-state index contributed by atoms with van der Waals surface area (Å²) in [5, 5.41) is 2.28. The van der Waals surface area contributed by atoms with E-state index >= 15 is 0 Å². The van der Waals surface area contributed by atoms with Crippen LogP contribution in [0.4, 0.5) is 45.5 Å². The molecule has 3 aliphatic heterocycles. The number of aryl methyl sites for hydroxylation is 1. The molecule has 1 saturated carbocycles. The number of anilines is 8. The Morgan fingerprint density at radius 1 is 0.486 bits per heavy atom. The van der Waals surface area contributed by atoms with Crippen LogP contribution < -0.4 is 31.1 Å². The Morgan fingerprint density at radius 3 is 1.89 bits per heavy atom. The van der Waals surface area contributed by atoms with Crippen LogP contribution in [0.2, 0.25) is 0 Å². The van der Waals surface area contributed by atoms with Gasteiger partial charge in [0.05, 0.1) is 5.54 Å². The molecule has 0 radical (unpaired) electrons. The van der Waals surface area contributed by atoms with Crippen molar-refractivity contribution >= 4 is 90.5 Å². The highest BCUT2D eigenvalue weighted by molar-refractivity contribution is 7.00. The normalized spacial score (nSPS) is 19.3. The first-order valence-electron chi connectivity index (χ1n) is 25.7. The number of fused-ring (bicyclic) bond motifs is 10. The van der Waals surface area contributed by atoms with E-state index in [-0.39, 0.29) is 28.5 Å². The van der Waals surface area contributed by atoms with E-state index in [2.05, 4.69) is 241 Å². The molecule has 5 heteroatoms. The number of furan rings is 1. The molecule has 346 valence electrons. The summed E-state index contributed by atoms with van der Waals surface area (Å²) >= 11 is 0. The maximum Gasteiger partial charge on any atom is 0.252 e. The van der Waals surface area contributed by atoms with Crippen LogP contribution in [-0.4, -0.2) is 12.3 Å². The van der Waals surface area contributed by atoms with Gasteiger partial charge in [-0.2, -0.15) is 0 Å². The Hall–Kier alpha value is -6.98. The zero-order valence-corrected chi connectivity index (χ0v) is 42.2. The third kappa shape index (κ3) is 6.22. The Balaban J connectivity index is 1.06. The number of nitrogens with zero attached hydrogens (tertiary/aromatic N) is 3. The van der Waals surface area contributed by atoms with Gasteiger partial charge in [-0.3, -0.25) is 0 Å². The molecule has 1 aliphatic carbocycles. The second kappa shape index (κ2) is 15.0. The second-order valence-corrected chi connectivity index (χ2v) is 23.4. The predicted octanol–water partition coefficient (Wildman–Crippen LogP) is 16.0. The molecule has 4 nitrogen and oxygen atoms in total. The van der Waals surface area contributed by atoms with E-state index in [9.17, 15) is 0 Å². The van der Waals surface area contributed by atoms with Crippen LogP contribution >= 0.6 is 0 Å². The van der Waals surface area contributed by atoms with Gasteiger partial charge in [0, 0.05) is 67.8 Å². The van der Waals surface area contributed by atoms with Gasteiger partial charge in [-0.15, -0.1) is 0 Å². The lowest BCUT2D eigenvalue weighted by atomic mass is 9.33. The minimum absolute atomic E-state index is 0.00180. The number of benzene rings is 8. The number of hydrogen-bond acceptors (Lipinski definition) is 4. The summed E-state index contributed by atoms with van der Waals surface area (Å²) in [5.41, 5.74) is 23.4. The maximum absolute atomic E-state index is 6.59. The van der Waals surface area contributed by atoms with E-state index in [0.29, 0.717) is 0 Å². The lowest BCUT2D eigenvalue weighted by Crippen LogP contribution is -2.61. The van der Waals surface area contributed by atoms with E-state index in [0.717, 1.165) is 34.0 Å². The highest BCUT2D eigenvalue weighted by Gasteiger charge is 2.58. The summed E-state index contributed by atoms with van der Waals surface area (Å²) in [5.74, 6) is 0. The van der Waals surface area contributed by atoms with Gasteiger partial charge in [0.25, 0.3) is 6.71 Å². The van der Waals surface area contributed by atoms with Crippen molar-refractivity contribution in [3.63, 3.8) is 0 Å². The molecule has 0 amide bonds. The Morgan fingerprint density at radius 2 is 1.13 bits per heavy atom. The molecule has 70 heavy (non-hydrogen) atoms. The number of rotatable bonds is 4. The van der Waals surface area contributed by atoms with Crippen LogP contribution in [-0.2, 0) is 16.2 Å². The summed E-state index contributed by atoms with van der Waals surface area (Å²) in [7, 11) is 0. The number of hydrogen-bond donors (Lipinski definition) is 0. The van der Waals surface area contributed by atoms with Gasteiger partial charge in [-0.1, -0.05) is 146 Å². The van der Waals surface area contributed by atoms with Crippen molar-refractivity contribution in [1.82, 2.24) is 0 Å². The van der Waals surface area contributed by atoms with E-state index in [1.54, 1.807) is 0 Å². The van der Waals surface area contributed by atoms with Crippen molar-refractivity contribution in [2.75, 3.05) is 14.7 Å². The van der Waals surface area contributed by atoms with Crippen LogP contribution in [0.15, 0.2) is 168 Å². The first kappa shape index (κ1) is 43.1. The van der Waals surface area contributed by atoms with E-state index < -0.39 is 0 Å². The quantitative estimate of drug-likeness (QED) is 0.164. The summed E-state index contributed by atoms with van der Waals surface area (Å²) in [6.45, 7) is 21.3. The fourth-order valence-corrected chi connectivity index (χ4v) is 13.2. The van der Waals surface area contributed by atoms with Crippen LogP contribution in [0.3, 0.4) is 0 Å². The van der Waals surface area contributed by atoms with Gasteiger partial charge in [0.1, 0.15) is 11.2 Å². The van der Waals surface area contributed by atoms with E-state index in [1.807, 2.05) is 0 Å². The topological polar surface area (TPSA) is 22.9 Å². The van der Waals surface area contributed by atoms with Gasteiger partial charge in [0.15, 0.2) is 0 Å². The smallest absolute Gasteiger partial charge is 0.252 e. The molecule has 4 aliphatic rings. The van der Waals surface area contributed by atoms with Crippen molar-refractivity contribution in [2.45, 2.75) is 110 Å². The van der Waals surface area contributed by atoms with Crippen LogP contribution in [0.5, 0.6) is 0 Å². The molecule has 0 N–H and O–H groups in total. The van der Waals surface area contributed by atoms with Gasteiger partial charge >= 0.3 is 0 Å². The van der Waals surface area contributed by atoms with Crippen LogP contribution in [0, 0.1) is 6.92 Å². The predicted molar refractivity (Wildman–Crippen MR) is 298 cm³/mol. The van der Waals surface area contributed by atoms with Gasteiger partial charge in [-0.05, 0) is 160 Å². The number of para-hydroxylation sites is 1. The molecule has 0 bridgehead atoms. The molecular formula is C65H62BN3O. The highest BCUT2D eigenvalue weighted by atomic mass is 16.3. The first-order chi connectivity index (χ1) is 33.6. The summed E-state index contributed by atoms with van der Waals surface area (Å²) in [4.78, 5) is 7.88. The first-order valence-corrected chi connectivity index (χ1v) is 25.7. The fourth-order valence-electron chi connectivity index (χ4n) is 13.2. The van der Waals surface area contributed by atoms with Gasteiger partial charge in [0.2, 0.25) is 0 Å². The fraction of sp³-hybridized carbons (Fsp3) is 0.262. The Labute approximate surface area is 414 Å². The lowest BCUT2D eigenvalue weighted by molar-refractivity contribution is 0.195. The van der Waals surface area contributed by atoms with E-state index in [4.69, 9.17) is 4.42 Å². The molecule has 4 heterocycles. The molecule has 2 unspecified atom stereocenters. The minimum Gasteiger partial charge on any atom is -0.456 e. The van der Waals surface area contributed by atoms with Gasteiger partial charge in [-0.25, -0.2) is 0 Å². The molecule has 8 aromatic carbocycles. The van der Waals surface area contributed by atoms with E-state index in [1.165, 1.54) is 109 Å². The zero-order chi connectivity index (χ0) is 48.1. The molecule has 0 spiro atoms. The summed E-state index contributed by atoms with van der Waals surface area (Å²) in [6, 6.07) is 62.6. The molecule has 1 aromatic heterocycles. The Bertz CT molecular complexity index is 3590. The average molecular weight is 912 g/mol. The largest absolute Gasteiger partial charge is 0.456 e. The third-order valence-corrected chi connectivity index (χ3v) is 17.1.